The number of nitrogens with two attached hydrogens (primary N) is 1. The fraction of sp³-hybridized carbons (Fsp3) is 0.154. The molecule has 0 aliphatic rings. The first kappa shape index (κ1) is 10.6. The Kier molecular flexibility index (Phi) is 3.17. The molecular weight excluding hydrogens is 200 g/mol. The number of pyridine rings is 1. The molecule has 2 N–H and O–H groups in total. The third kappa shape index (κ3) is 2.38. The first-order chi connectivity index (χ1) is 7.79. The molecule has 0 amide bonds. The third-order valence-electron chi connectivity index (χ3n) is 2.33. The molecule has 0 aliphatic heterocycles. The van der Waals surface area contributed by atoms with Crippen molar-refractivity contribution >= 4 is 0 Å². The Morgan fingerprint density at radius 1 is 1.19 bits per heavy atom. The molecule has 2 rings (SSSR count). The van der Waals surface area contributed by atoms with E-state index in [-0.39, 0.29) is 0 Å². The number of aromatic nitrogens is 1. The fourth-order valence-electron chi connectivity index (χ4n) is 1.40. The quantitative estimate of drug-likeness (QED) is 0.854. The molecule has 0 atom stereocenters. The van der Waals surface area contributed by atoms with Crippen LogP contribution < -0.4 is 10.5 Å². The number of benzene rings is 1. The van der Waals surface area contributed by atoms with Gasteiger partial charge >= 0.3 is 0 Å². The molecule has 3 heteroatoms. The summed E-state index contributed by atoms with van der Waals surface area (Å²) in [5.41, 5.74) is 7.72. The van der Waals surface area contributed by atoms with Crippen LogP contribution in [0.2, 0.25) is 0 Å². The van der Waals surface area contributed by atoms with Gasteiger partial charge in [0, 0.05) is 24.5 Å². The topological polar surface area (TPSA) is 48.1 Å². The van der Waals surface area contributed by atoms with Crippen LogP contribution >= 0.6 is 0 Å². The maximum Gasteiger partial charge on any atom is 0.134 e. The Labute approximate surface area is 94.9 Å². The van der Waals surface area contributed by atoms with E-state index in [0.717, 1.165) is 17.1 Å². The summed E-state index contributed by atoms with van der Waals surface area (Å²) in [6.07, 6.45) is 3.42. The predicted octanol–water partition coefficient (Wildman–Crippen LogP) is 2.64. The largest absolute Gasteiger partial charge is 0.457 e. The van der Waals surface area contributed by atoms with Gasteiger partial charge in [-0.25, -0.2) is 0 Å². The average molecular weight is 214 g/mol. The molecule has 0 radical (unpaired) electrons. The van der Waals surface area contributed by atoms with Gasteiger partial charge in [-0.1, -0.05) is 17.7 Å². The van der Waals surface area contributed by atoms with Crippen LogP contribution in [0, 0.1) is 6.92 Å². The first-order valence-corrected chi connectivity index (χ1v) is 5.17. The highest BCUT2D eigenvalue weighted by atomic mass is 16.5. The smallest absolute Gasteiger partial charge is 0.134 e. The van der Waals surface area contributed by atoms with Crippen LogP contribution in [0.25, 0.3) is 0 Å². The summed E-state index contributed by atoms with van der Waals surface area (Å²) in [5, 5.41) is 0. The molecular formula is C13H14N2O. The Hall–Kier alpha value is -1.87. The van der Waals surface area contributed by atoms with E-state index < -0.39 is 0 Å². The lowest BCUT2D eigenvalue weighted by Crippen LogP contribution is -1.99. The Morgan fingerprint density at radius 3 is 2.62 bits per heavy atom. The van der Waals surface area contributed by atoms with E-state index in [1.807, 2.05) is 37.3 Å². The Morgan fingerprint density at radius 2 is 1.94 bits per heavy atom. The molecule has 0 aliphatic carbocycles. The highest BCUT2D eigenvalue weighted by Gasteiger charge is 2.02. The van der Waals surface area contributed by atoms with E-state index in [1.54, 1.807) is 12.4 Å². The van der Waals surface area contributed by atoms with Crippen molar-refractivity contribution in [2.45, 2.75) is 13.5 Å². The molecule has 0 bridgehead atoms. The second-order valence-corrected chi connectivity index (χ2v) is 3.60. The average Bonchev–Trinajstić information content (AvgIpc) is 2.33. The molecule has 1 aromatic carbocycles. The van der Waals surface area contributed by atoms with E-state index >= 15 is 0 Å². The van der Waals surface area contributed by atoms with Crippen molar-refractivity contribution in [3.05, 3.63) is 53.9 Å². The summed E-state index contributed by atoms with van der Waals surface area (Å²) in [5.74, 6) is 1.58. The number of hydrogen-bond acceptors (Lipinski definition) is 3. The van der Waals surface area contributed by atoms with Gasteiger partial charge in [-0.3, -0.25) is 4.98 Å². The molecule has 82 valence electrons. The second-order valence-electron chi connectivity index (χ2n) is 3.60. The molecule has 0 fully saturated rings. The molecule has 16 heavy (non-hydrogen) atoms. The van der Waals surface area contributed by atoms with Crippen molar-refractivity contribution in [1.82, 2.24) is 4.98 Å². The molecule has 1 aromatic heterocycles. The molecule has 0 unspecified atom stereocenters. The SMILES string of the molecule is Cc1ccc(Oc2ccncc2CN)cc1. The predicted molar refractivity (Wildman–Crippen MR) is 63.4 cm³/mol. The zero-order chi connectivity index (χ0) is 11.4. The molecule has 3 nitrogen and oxygen atoms in total. The number of hydrogen-bond donors (Lipinski definition) is 1. The number of rotatable bonds is 3. The van der Waals surface area contributed by atoms with Gasteiger partial charge in [0.25, 0.3) is 0 Å². The minimum absolute atomic E-state index is 0.426. The van der Waals surface area contributed by atoms with Crippen LogP contribution in [0.1, 0.15) is 11.1 Å². The van der Waals surface area contributed by atoms with Gasteiger partial charge in [0.2, 0.25) is 0 Å². The highest BCUT2D eigenvalue weighted by Crippen LogP contribution is 2.24. The molecule has 0 saturated heterocycles. The van der Waals surface area contributed by atoms with Crippen molar-refractivity contribution in [3.63, 3.8) is 0 Å². The monoisotopic (exact) mass is 214 g/mol. The maximum atomic E-state index is 5.74. The minimum Gasteiger partial charge on any atom is -0.457 e. The molecule has 1 heterocycles. The minimum atomic E-state index is 0.426. The van der Waals surface area contributed by atoms with E-state index in [4.69, 9.17) is 10.5 Å². The van der Waals surface area contributed by atoms with Gasteiger partial charge in [0.1, 0.15) is 11.5 Å². The summed E-state index contributed by atoms with van der Waals surface area (Å²) >= 11 is 0. The standard InChI is InChI=1S/C13H14N2O/c1-10-2-4-12(5-3-10)16-13-6-7-15-9-11(13)8-14/h2-7,9H,8,14H2,1H3. The van der Waals surface area contributed by atoms with Crippen LogP contribution in [-0.2, 0) is 6.54 Å². The first-order valence-electron chi connectivity index (χ1n) is 5.17. The summed E-state index contributed by atoms with van der Waals surface area (Å²) in [7, 11) is 0. The van der Waals surface area contributed by atoms with Crippen molar-refractivity contribution in [2.24, 2.45) is 5.73 Å². The third-order valence-corrected chi connectivity index (χ3v) is 2.33. The Balaban J connectivity index is 2.23. The van der Waals surface area contributed by atoms with Crippen molar-refractivity contribution < 1.29 is 4.74 Å². The summed E-state index contributed by atoms with van der Waals surface area (Å²) in [4.78, 5) is 4.01. The summed E-state index contributed by atoms with van der Waals surface area (Å²) < 4.78 is 5.74. The number of ether oxygens (including phenoxy) is 1. The number of aryl methyl sites for hydroxylation is 1. The van der Waals surface area contributed by atoms with E-state index in [1.165, 1.54) is 5.56 Å². The van der Waals surface area contributed by atoms with Gasteiger partial charge in [-0.2, -0.15) is 0 Å². The highest BCUT2D eigenvalue weighted by molar-refractivity contribution is 5.36. The lowest BCUT2D eigenvalue weighted by Gasteiger charge is -2.09. The van der Waals surface area contributed by atoms with Gasteiger partial charge in [-0.15, -0.1) is 0 Å². The molecule has 0 spiro atoms. The Bertz CT molecular complexity index is 466. The van der Waals surface area contributed by atoms with Crippen LogP contribution in [-0.4, -0.2) is 4.98 Å². The maximum absolute atomic E-state index is 5.74. The lowest BCUT2D eigenvalue weighted by molar-refractivity contribution is 0.475. The summed E-state index contributed by atoms with van der Waals surface area (Å²) in [6.45, 7) is 2.47. The molecule has 2 aromatic rings. The zero-order valence-electron chi connectivity index (χ0n) is 9.18. The second kappa shape index (κ2) is 4.77. The van der Waals surface area contributed by atoms with Crippen molar-refractivity contribution in [2.75, 3.05) is 0 Å². The normalized spacial score (nSPS) is 10.1. The van der Waals surface area contributed by atoms with Crippen molar-refractivity contribution in [3.8, 4) is 11.5 Å². The van der Waals surface area contributed by atoms with E-state index in [2.05, 4.69) is 4.98 Å². The van der Waals surface area contributed by atoms with E-state index in [9.17, 15) is 0 Å². The molecule has 0 saturated carbocycles. The van der Waals surface area contributed by atoms with Crippen LogP contribution in [0.15, 0.2) is 42.7 Å². The van der Waals surface area contributed by atoms with E-state index in [0.29, 0.717) is 6.54 Å². The van der Waals surface area contributed by atoms with Gasteiger partial charge in [0.15, 0.2) is 0 Å². The summed E-state index contributed by atoms with van der Waals surface area (Å²) in [6, 6.07) is 9.73. The lowest BCUT2D eigenvalue weighted by atomic mass is 10.2. The van der Waals surface area contributed by atoms with Gasteiger partial charge < -0.3 is 10.5 Å². The van der Waals surface area contributed by atoms with Gasteiger partial charge in [-0.05, 0) is 25.1 Å². The zero-order valence-corrected chi connectivity index (χ0v) is 9.18. The van der Waals surface area contributed by atoms with Gasteiger partial charge in [0.05, 0.1) is 0 Å². The fourth-order valence-corrected chi connectivity index (χ4v) is 1.40. The van der Waals surface area contributed by atoms with Crippen LogP contribution in [0.4, 0.5) is 0 Å². The van der Waals surface area contributed by atoms with Crippen LogP contribution in [0.3, 0.4) is 0 Å². The van der Waals surface area contributed by atoms with Crippen LogP contribution in [0.5, 0.6) is 11.5 Å². The number of nitrogens with zero attached hydrogens (tertiary/aromatic N) is 1. The van der Waals surface area contributed by atoms with Crippen molar-refractivity contribution in [1.29, 1.82) is 0 Å².